The molecule has 1 aliphatic rings. The highest BCUT2D eigenvalue weighted by Crippen LogP contribution is 2.40. The summed E-state index contributed by atoms with van der Waals surface area (Å²) in [7, 11) is 0. The van der Waals surface area contributed by atoms with E-state index in [1.807, 2.05) is 0 Å². The van der Waals surface area contributed by atoms with E-state index in [9.17, 15) is 10.1 Å². The molecule has 0 aromatic carbocycles. The van der Waals surface area contributed by atoms with Gasteiger partial charge in [0.2, 0.25) is 5.91 Å². The van der Waals surface area contributed by atoms with Crippen LogP contribution in [0.15, 0.2) is 0 Å². The molecule has 1 N–H and O–H groups in total. The molecule has 3 nitrogen and oxygen atoms in total. The minimum absolute atomic E-state index is 0.0483. The number of hydrogen-bond donors (Lipinski definition) is 1. The molecule has 0 fully saturated rings. The summed E-state index contributed by atoms with van der Waals surface area (Å²) in [5.74, 6) is 1.15. The van der Waals surface area contributed by atoms with Crippen molar-refractivity contribution < 1.29 is 4.79 Å². The van der Waals surface area contributed by atoms with E-state index in [1.54, 1.807) is 11.3 Å². The van der Waals surface area contributed by atoms with Crippen LogP contribution in [-0.4, -0.2) is 11.8 Å². The number of halogens is 1. The number of carbonyl (C=O) groups is 1. The monoisotopic (exact) mass is 310 g/mol. The Balaban J connectivity index is 2.16. The number of alkyl halides is 1. The van der Waals surface area contributed by atoms with Crippen LogP contribution >= 0.6 is 22.9 Å². The van der Waals surface area contributed by atoms with Crippen LogP contribution in [0.5, 0.6) is 0 Å². The number of nitrogens with zero attached hydrogens (tertiary/aromatic N) is 1. The Hall–Kier alpha value is -1.05. The molecule has 1 aromatic rings. The molecule has 1 atom stereocenters. The molecule has 20 heavy (non-hydrogen) atoms. The highest BCUT2D eigenvalue weighted by molar-refractivity contribution is 7.16. The summed E-state index contributed by atoms with van der Waals surface area (Å²) in [5, 5.41) is 13.0. The molecule has 0 saturated heterocycles. The predicted octanol–water partition coefficient (Wildman–Crippen LogP) is 4.09. The number of amides is 1. The van der Waals surface area contributed by atoms with Gasteiger partial charge in [-0.05, 0) is 37.2 Å². The first-order valence-electron chi connectivity index (χ1n) is 7.10. The number of hydrogen-bond acceptors (Lipinski definition) is 3. The first-order valence-corrected chi connectivity index (χ1v) is 8.45. The average Bonchev–Trinajstić information content (AvgIpc) is 2.80. The van der Waals surface area contributed by atoms with Gasteiger partial charge >= 0.3 is 0 Å². The summed E-state index contributed by atoms with van der Waals surface area (Å²) < 4.78 is 0. The second-order valence-electron chi connectivity index (χ2n) is 5.18. The lowest BCUT2D eigenvalue weighted by Crippen LogP contribution is -2.12. The van der Waals surface area contributed by atoms with Gasteiger partial charge in [-0.25, -0.2) is 0 Å². The topological polar surface area (TPSA) is 52.9 Å². The molecule has 2 rings (SSSR count). The van der Waals surface area contributed by atoms with Gasteiger partial charge < -0.3 is 5.32 Å². The van der Waals surface area contributed by atoms with Crippen molar-refractivity contribution in [2.24, 2.45) is 5.92 Å². The molecule has 0 spiro atoms. The van der Waals surface area contributed by atoms with E-state index in [0.29, 0.717) is 30.2 Å². The summed E-state index contributed by atoms with van der Waals surface area (Å²) in [6.45, 7) is 2.21. The third kappa shape index (κ3) is 3.34. The van der Waals surface area contributed by atoms with Gasteiger partial charge in [-0.15, -0.1) is 22.9 Å². The van der Waals surface area contributed by atoms with Crippen molar-refractivity contribution in [3.8, 4) is 6.07 Å². The Kier molecular flexibility index (Phi) is 5.45. The van der Waals surface area contributed by atoms with E-state index in [1.165, 1.54) is 11.3 Å². The van der Waals surface area contributed by atoms with Gasteiger partial charge in [-0.2, -0.15) is 5.26 Å². The third-order valence-corrected chi connectivity index (χ3v) is 5.28. The van der Waals surface area contributed by atoms with Crippen molar-refractivity contribution in [2.75, 3.05) is 11.2 Å². The van der Waals surface area contributed by atoms with Crippen LogP contribution in [-0.2, 0) is 17.6 Å². The molecule has 0 aliphatic heterocycles. The van der Waals surface area contributed by atoms with Gasteiger partial charge in [0, 0.05) is 17.2 Å². The minimum Gasteiger partial charge on any atom is -0.317 e. The van der Waals surface area contributed by atoms with Gasteiger partial charge in [0.25, 0.3) is 0 Å². The molecule has 0 radical (unpaired) electrons. The number of anilines is 1. The zero-order valence-electron chi connectivity index (χ0n) is 11.7. The number of thiophene rings is 1. The van der Waals surface area contributed by atoms with Crippen LogP contribution in [0.3, 0.4) is 0 Å². The summed E-state index contributed by atoms with van der Waals surface area (Å²) in [6.07, 6.45) is 5.41. The fourth-order valence-corrected chi connectivity index (χ4v) is 4.09. The van der Waals surface area contributed by atoms with E-state index in [0.717, 1.165) is 29.8 Å². The zero-order valence-corrected chi connectivity index (χ0v) is 13.2. The highest BCUT2D eigenvalue weighted by atomic mass is 35.5. The first kappa shape index (κ1) is 15.3. The molecule has 0 unspecified atom stereocenters. The Labute approximate surface area is 128 Å². The summed E-state index contributed by atoms with van der Waals surface area (Å²) in [4.78, 5) is 13.1. The second kappa shape index (κ2) is 7.10. The number of fused-ring (bicyclic) bond motifs is 1. The average molecular weight is 311 g/mol. The van der Waals surface area contributed by atoms with E-state index < -0.39 is 0 Å². The number of rotatable bonds is 5. The van der Waals surface area contributed by atoms with E-state index in [4.69, 9.17) is 11.6 Å². The van der Waals surface area contributed by atoms with Crippen molar-refractivity contribution >= 4 is 33.8 Å². The molecule has 5 heteroatoms. The molecular formula is C15H19ClN2OS. The molecule has 108 valence electrons. The Bertz CT molecular complexity index is 533. The van der Waals surface area contributed by atoms with E-state index in [-0.39, 0.29) is 5.91 Å². The van der Waals surface area contributed by atoms with Crippen LogP contribution in [0, 0.1) is 17.2 Å². The third-order valence-electron chi connectivity index (χ3n) is 3.85. The lowest BCUT2D eigenvalue weighted by molar-refractivity contribution is -0.116. The van der Waals surface area contributed by atoms with Crippen molar-refractivity contribution in [3.05, 3.63) is 16.0 Å². The van der Waals surface area contributed by atoms with Crippen molar-refractivity contribution in [1.82, 2.24) is 0 Å². The quantitative estimate of drug-likeness (QED) is 0.833. The van der Waals surface area contributed by atoms with Gasteiger partial charge in [0.05, 0.1) is 5.56 Å². The lowest BCUT2D eigenvalue weighted by Gasteiger charge is -2.20. The van der Waals surface area contributed by atoms with Gasteiger partial charge in [0.15, 0.2) is 0 Å². The first-order chi connectivity index (χ1) is 9.69. The van der Waals surface area contributed by atoms with Crippen LogP contribution in [0.25, 0.3) is 0 Å². The number of carbonyl (C=O) groups excluding carboxylic acids is 1. The number of nitriles is 1. The lowest BCUT2D eigenvalue weighted by atomic mass is 9.86. The zero-order chi connectivity index (χ0) is 14.5. The standard InChI is InChI=1S/C15H19ClN2OS/c1-2-10-5-6-11-12(9-17)15(20-13(11)8-10)18-14(19)4-3-7-16/h10H,2-8H2,1H3,(H,18,19)/t10-/m0/s1. The van der Waals surface area contributed by atoms with Crippen molar-refractivity contribution in [2.45, 2.75) is 45.4 Å². The van der Waals surface area contributed by atoms with E-state index in [2.05, 4.69) is 18.3 Å². The maximum atomic E-state index is 11.8. The van der Waals surface area contributed by atoms with Crippen LogP contribution < -0.4 is 5.32 Å². The van der Waals surface area contributed by atoms with Crippen LogP contribution in [0.4, 0.5) is 5.00 Å². The smallest absolute Gasteiger partial charge is 0.225 e. The van der Waals surface area contributed by atoms with Crippen molar-refractivity contribution in [3.63, 3.8) is 0 Å². The Morgan fingerprint density at radius 2 is 2.40 bits per heavy atom. The largest absolute Gasteiger partial charge is 0.317 e. The van der Waals surface area contributed by atoms with Crippen molar-refractivity contribution in [1.29, 1.82) is 5.26 Å². The molecule has 0 bridgehead atoms. The minimum atomic E-state index is -0.0483. The Morgan fingerprint density at radius 1 is 1.60 bits per heavy atom. The van der Waals surface area contributed by atoms with Crippen LogP contribution in [0.1, 0.15) is 48.6 Å². The molecule has 1 aliphatic carbocycles. The maximum Gasteiger partial charge on any atom is 0.225 e. The fourth-order valence-electron chi connectivity index (χ4n) is 2.63. The SMILES string of the molecule is CC[C@H]1CCc2c(sc(NC(=O)CCCCl)c2C#N)C1. The van der Waals surface area contributed by atoms with Gasteiger partial charge in [0.1, 0.15) is 11.1 Å². The fraction of sp³-hybridized carbons (Fsp3) is 0.600. The normalized spacial score (nSPS) is 17.4. The maximum absolute atomic E-state index is 11.8. The molecular weight excluding hydrogens is 292 g/mol. The van der Waals surface area contributed by atoms with E-state index >= 15 is 0 Å². The summed E-state index contributed by atoms with van der Waals surface area (Å²) in [6, 6.07) is 2.27. The summed E-state index contributed by atoms with van der Waals surface area (Å²) in [5.41, 5.74) is 1.84. The van der Waals surface area contributed by atoms with Crippen LogP contribution in [0.2, 0.25) is 0 Å². The molecule has 1 heterocycles. The second-order valence-corrected chi connectivity index (χ2v) is 6.66. The summed E-state index contributed by atoms with van der Waals surface area (Å²) >= 11 is 7.17. The van der Waals surface area contributed by atoms with Gasteiger partial charge in [-0.1, -0.05) is 13.3 Å². The van der Waals surface area contributed by atoms with Gasteiger partial charge in [-0.3, -0.25) is 4.79 Å². The predicted molar refractivity (Wildman–Crippen MR) is 83.4 cm³/mol. The molecule has 0 saturated carbocycles. The molecule has 1 amide bonds. The Morgan fingerprint density at radius 3 is 3.05 bits per heavy atom. The highest BCUT2D eigenvalue weighted by Gasteiger charge is 2.25. The molecule has 1 aromatic heterocycles. The number of nitrogens with one attached hydrogen (secondary N) is 1.